The molecule has 2 N–H and O–H groups in total. The number of hydrogen-bond donors (Lipinski definition) is 2. The van der Waals surface area contributed by atoms with Crippen LogP contribution in [0, 0.1) is 0 Å². The van der Waals surface area contributed by atoms with Crippen LogP contribution in [0.1, 0.15) is 18.1 Å². The van der Waals surface area contributed by atoms with Crippen molar-refractivity contribution in [2.75, 3.05) is 20.4 Å². The Balaban J connectivity index is 1.62. The molecule has 9 heteroatoms. The molecular formula is C20H23F2N3O4. The van der Waals surface area contributed by atoms with Gasteiger partial charge in [-0.2, -0.15) is 8.78 Å². The number of ether oxygens (including phenoxy) is 4. The highest BCUT2D eigenvalue weighted by molar-refractivity contribution is 5.79. The number of fused-ring (bicyclic) bond motifs is 1. The number of alkyl halides is 2. The fraction of sp³-hybridized carbons (Fsp3) is 0.350. The standard InChI is InChI=1S/C20H23F2N3O4/c1-3-26-15-6-4-5-13(7-15)10-24-20(23-2)25-11-14-8-17-18(28-12-27-17)9-16(14)29-19(21)22/h4-9,19H,3,10-12H2,1-2H3,(H2,23,24,25). The number of nitrogens with zero attached hydrogens (tertiary/aromatic N) is 1. The van der Waals surface area contributed by atoms with E-state index < -0.39 is 6.61 Å². The highest BCUT2D eigenvalue weighted by Crippen LogP contribution is 2.38. The molecule has 0 saturated heterocycles. The van der Waals surface area contributed by atoms with Gasteiger partial charge in [0.05, 0.1) is 6.61 Å². The van der Waals surface area contributed by atoms with Crippen LogP contribution in [0.4, 0.5) is 8.78 Å². The number of rotatable bonds is 8. The topological polar surface area (TPSA) is 73.3 Å². The zero-order valence-electron chi connectivity index (χ0n) is 16.2. The van der Waals surface area contributed by atoms with Crippen LogP contribution in [0.25, 0.3) is 0 Å². The Hall–Kier alpha value is -3.23. The van der Waals surface area contributed by atoms with Gasteiger partial charge in [0.2, 0.25) is 6.79 Å². The van der Waals surface area contributed by atoms with Crippen LogP contribution in [-0.4, -0.2) is 33.0 Å². The Morgan fingerprint density at radius 1 is 1.14 bits per heavy atom. The fourth-order valence-corrected chi connectivity index (χ4v) is 2.81. The number of benzene rings is 2. The van der Waals surface area contributed by atoms with Gasteiger partial charge in [0, 0.05) is 31.8 Å². The van der Waals surface area contributed by atoms with E-state index in [4.69, 9.17) is 14.2 Å². The van der Waals surface area contributed by atoms with Gasteiger partial charge < -0.3 is 29.6 Å². The third-order valence-electron chi connectivity index (χ3n) is 4.11. The zero-order chi connectivity index (χ0) is 20.6. The third kappa shape index (κ3) is 5.63. The van der Waals surface area contributed by atoms with Crippen LogP contribution in [0.15, 0.2) is 41.4 Å². The first-order valence-corrected chi connectivity index (χ1v) is 9.12. The summed E-state index contributed by atoms with van der Waals surface area (Å²) in [7, 11) is 1.63. The minimum Gasteiger partial charge on any atom is -0.494 e. The van der Waals surface area contributed by atoms with Crippen molar-refractivity contribution < 1.29 is 27.7 Å². The lowest BCUT2D eigenvalue weighted by molar-refractivity contribution is -0.0505. The van der Waals surface area contributed by atoms with Crippen molar-refractivity contribution >= 4 is 5.96 Å². The second-order valence-electron chi connectivity index (χ2n) is 6.05. The van der Waals surface area contributed by atoms with E-state index in [1.54, 1.807) is 13.1 Å². The van der Waals surface area contributed by atoms with Crippen molar-refractivity contribution in [3.63, 3.8) is 0 Å². The lowest BCUT2D eigenvalue weighted by atomic mass is 10.1. The molecule has 0 amide bonds. The molecule has 0 aromatic heterocycles. The van der Waals surface area contributed by atoms with Crippen molar-refractivity contribution in [1.29, 1.82) is 0 Å². The van der Waals surface area contributed by atoms with E-state index in [1.807, 2.05) is 31.2 Å². The average Bonchev–Trinajstić information content (AvgIpc) is 3.15. The van der Waals surface area contributed by atoms with E-state index in [0.29, 0.717) is 36.2 Å². The van der Waals surface area contributed by atoms with Crippen LogP contribution in [0.3, 0.4) is 0 Å². The molecule has 2 aromatic rings. The maximum atomic E-state index is 12.8. The molecule has 0 bridgehead atoms. The van der Waals surface area contributed by atoms with Crippen LogP contribution in [0.2, 0.25) is 0 Å². The van der Waals surface area contributed by atoms with Crippen molar-refractivity contribution in [3.05, 3.63) is 47.5 Å². The molecule has 0 spiro atoms. The molecule has 29 heavy (non-hydrogen) atoms. The van der Waals surface area contributed by atoms with Crippen molar-refractivity contribution in [2.24, 2.45) is 4.99 Å². The van der Waals surface area contributed by atoms with Gasteiger partial charge in [-0.3, -0.25) is 4.99 Å². The summed E-state index contributed by atoms with van der Waals surface area (Å²) in [5, 5.41) is 6.26. The fourth-order valence-electron chi connectivity index (χ4n) is 2.81. The van der Waals surface area contributed by atoms with Crippen molar-refractivity contribution in [2.45, 2.75) is 26.6 Å². The van der Waals surface area contributed by atoms with E-state index in [9.17, 15) is 8.78 Å². The largest absolute Gasteiger partial charge is 0.494 e. The van der Waals surface area contributed by atoms with Crippen LogP contribution < -0.4 is 29.6 Å². The van der Waals surface area contributed by atoms with E-state index in [0.717, 1.165) is 11.3 Å². The van der Waals surface area contributed by atoms with Gasteiger partial charge in [-0.15, -0.1) is 0 Å². The molecule has 0 radical (unpaired) electrons. The smallest absolute Gasteiger partial charge is 0.387 e. The summed E-state index contributed by atoms with van der Waals surface area (Å²) in [6.07, 6.45) is 0. The van der Waals surface area contributed by atoms with Gasteiger partial charge in [0.1, 0.15) is 11.5 Å². The Morgan fingerprint density at radius 2 is 1.90 bits per heavy atom. The van der Waals surface area contributed by atoms with Gasteiger partial charge in [-0.1, -0.05) is 12.1 Å². The third-order valence-corrected chi connectivity index (χ3v) is 4.11. The van der Waals surface area contributed by atoms with Gasteiger partial charge in [0.15, 0.2) is 17.5 Å². The normalized spacial score (nSPS) is 12.8. The highest BCUT2D eigenvalue weighted by atomic mass is 19.3. The second-order valence-corrected chi connectivity index (χ2v) is 6.05. The average molecular weight is 407 g/mol. The summed E-state index contributed by atoms with van der Waals surface area (Å²) in [4.78, 5) is 4.16. The first kappa shape index (κ1) is 20.5. The molecule has 0 atom stereocenters. The number of nitrogens with one attached hydrogen (secondary N) is 2. The van der Waals surface area contributed by atoms with Crippen LogP contribution >= 0.6 is 0 Å². The van der Waals surface area contributed by atoms with E-state index >= 15 is 0 Å². The predicted molar refractivity (Wildman–Crippen MR) is 104 cm³/mol. The van der Waals surface area contributed by atoms with E-state index in [1.165, 1.54) is 6.07 Å². The molecule has 3 rings (SSSR count). The zero-order valence-corrected chi connectivity index (χ0v) is 16.2. The molecule has 0 fully saturated rings. The number of aliphatic imine (C=N–C) groups is 1. The van der Waals surface area contributed by atoms with Gasteiger partial charge in [-0.05, 0) is 30.7 Å². The molecule has 0 saturated carbocycles. The molecule has 156 valence electrons. The van der Waals surface area contributed by atoms with Crippen molar-refractivity contribution in [1.82, 2.24) is 10.6 Å². The maximum Gasteiger partial charge on any atom is 0.387 e. The number of guanidine groups is 1. The lowest BCUT2D eigenvalue weighted by Crippen LogP contribution is -2.36. The van der Waals surface area contributed by atoms with Crippen LogP contribution in [-0.2, 0) is 13.1 Å². The SMILES string of the molecule is CCOc1cccc(CNC(=NC)NCc2cc3c(cc2OC(F)F)OCO3)c1. The monoisotopic (exact) mass is 407 g/mol. The molecule has 1 aliphatic heterocycles. The van der Waals surface area contributed by atoms with Gasteiger partial charge >= 0.3 is 6.61 Å². The molecule has 1 heterocycles. The summed E-state index contributed by atoms with van der Waals surface area (Å²) >= 11 is 0. The molecule has 0 aliphatic carbocycles. The molecule has 0 unspecified atom stereocenters. The maximum absolute atomic E-state index is 12.8. The Morgan fingerprint density at radius 3 is 2.62 bits per heavy atom. The summed E-state index contributed by atoms with van der Waals surface area (Å²) in [6.45, 7) is 0.352. The quantitative estimate of drug-likeness (QED) is 0.517. The molecule has 7 nitrogen and oxygen atoms in total. The molecule has 2 aromatic carbocycles. The Labute approximate surface area is 167 Å². The minimum atomic E-state index is -2.94. The summed E-state index contributed by atoms with van der Waals surface area (Å²) in [5.41, 5.74) is 1.51. The first-order valence-electron chi connectivity index (χ1n) is 9.12. The van der Waals surface area contributed by atoms with E-state index in [2.05, 4.69) is 20.4 Å². The van der Waals surface area contributed by atoms with Gasteiger partial charge in [0.25, 0.3) is 0 Å². The number of hydrogen-bond acceptors (Lipinski definition) is 5. The summed E-state index contributed by atoms with van der Waals surface area (Å²) < 4.78 is 46.2. The minimum absolute atomic E-state index is 0.0246. The Kier molecular flexibility index (Phi) is 6.94. The summed E-state index contributed by atoms with van der Waals surface area (Å²) in [6, 6.07) is 10.7. The van der Waals surface area contributed by atoms with Gasteiger partial charge in [-0.25, -0.2) is 0 Å². The second kappa shape index (κ2) is 9.81. The van der Waals surface area contributed by atoms with Crippen molar-refractivity contribution in [3.8, 4) is 23.0 Å². The Bertz CT molecular complexity index is 862. The lowest BCUT2D eigenvalue weighted by Gasteiger charge is -2.15. The molecular weight excluding hydrogens is 384 g/mol. The van der Waals surface area contributed by atoms with Crippen LogP contribution in [0.5, 0.6) is 23.0 Å². The summed E-state index contributed by atoms with van der Waals surface area (Å²) in [5.74, 6) is 2.19. The number of halogens is 2. The van der Waals surface area contributed by atoms with E-state index in [-0.39, 0.29) is 19.1 Å². The predicted octanol–water partition coefficient (Wildman–Crippen LogP) is 3.28. The molecule has 1 aliphatic rings. The first-order chi connectivity index (χ1) is 14.1. The highest BCUT2D eigenvalue weighted by Gasteiger charge is 2.20.